The van der Waals surface area contributed by atoms with E-state index in [2.05, 4.69) is 50.3 Å². The van der Waals surface area contributed by atoms with Crippen molar-refractivity contribution in [3.63, 3.8) is 0 Å². The summed E-state index contributed by atoms with van der Waals surface area (Å²) in [6.07, 6.45) is 11.1. The van der Waals surface area contributed by atoms with E-state index in [0.29, 0.717) is 5.15 Å². The quantitative estimate of drug-likeness (QED) is 0.745. The lowest BCUT2D eigenvalue weighted by Crippen LogP contribution is -2.29. The van der Waals surface area contributed by atoms with Gasteiger partial charge in [-0.15, -0.1) is 5.11 Å². The van der Waals surface area contributed by atoms with Crippen LogP contribution >= 0.6 is 11.6 Å². The van der Waals surface area contributed by atoms with Crippen LogP contribution in [0.25, 0.3) is 0 Å². The van der Waals surface area contributed by atoms with Crippen molar-refractivity contribution in [3.05, 3.63) is 58.8 Å². The third kappa shape index (κ3) is 2.41. The fourth-order valence-electron chi connectivity index (χ4n) is 2.99. The molecule has 1 aromatic heterocycles. The summed E-state index contributed by atoms with van der Waals surface area (Å²) in [6.45, 7) is 2.09. The molecule has 1 unspecified atom stereocenters. The van der Waals surface area contributed by atoms with Gasteiger partial charge >= 0.3 is 0 Å². The first kappa shape index (κ1) is 14.3. The second-order valence-electron chi connectivity index (χ2n) is 5.58. The summed E-state index contributed by atoms with van der Waals surface area (Å²) in [5, 5.41) is 9.06. The number of fused-ring (bicyclic) bond motifs is 3. The van der Waals surface area contributed by atoms with E-state index in [9.17, 15) is 0 Å². The highest BCUT2D eigenvalue weighted by molar-refractivity contribution is 6.30. The molecule has 5 nitrogen and oxygen atoms in total. The Balaban J connectivity index is 1.90. The Labute approximate surface area is 139 Å². The fraction of sp³-hybridized carbons (Fsp3) is 0.294. The molecule has 0 aromatic carbocycles. The van der Waals surface area contributed by atoms with Crippen molar-refractivity contribution < 1.29 is 0 Å². The Bertz CT molecular complexity index is 803. The van der Waals surface area contributed by atoms with Crippen LogP contribution in [0.2, 0.25) is 5.15 Å². The van der Waals surface area contributed by atoms with Crippen molar-refractivity contribution in [1.82, 2.24) is 4.98 Å². The van der Waals surface area contributed by atoms with Gasteiger partial charge in [-0.05, 0) is 37.0 Å². The molecule has 23 heavy (non-hydrogen) atoms. The summed E-state index contributed by atoms with van der Waals surface area (Å²) in [7, 11) is 0. The van der Waals surface area contributed by atoms with Gasteiger partial charge in [0.05, 0.1) is 17.6 Å². The van der Waals surface area contributed by atoms with Crippen molar-refractivity contribution in [2.75, 3.05) is 4.90 Å². The molecule has 4 rings (SSSR count). The van der Waals surface area contributed by atoms with Crippen LogP contribution in [0.3, 0.4) is 0 Å². The topological polar surface area (TPSA) is 53.2 Å². The number of halogens is 1. The van der Waals surface area contributed by atoms with Crippen molar-refractivity contribution in [2.45, 2.75) is 32.4 Å². The molecule has 0 amide bonds. The molecule has 0 bridgehead atoms. The molecular weight excluding hydrogens is 310 g/mol. The monoisotopic (exact) mass is 325 g/mol. The Hall–Kier alpha value is -2.27. The molecule has 0 radical (unpaired) electrons. The Kier molecular flexibility index (Phi) is 3.58. The zero-order valence-electron chi connectivity index (χ0n) is 12.8. The first-order valence-electron chi connectivity index (χ1n) is 7.80. The highest BCUT2D eigenvalue weighted by atomic mass is 35.5. The maximum atomic E-state index is 6.16. The van der Waals surface area contributed by atoms with E-state index in [4.69, 9.17) is 11.6 Å². The molecule has 3 aliphatic rings. The van der Waals surface area contributed by atoms with Gasteiger partial charge in [0, 0.05) is 0 Å². The predicted octanol–water partition coefficient (Wildman–Crippen LogP) is 4.62. The van der Waals surface area contributed by atoms with E-state index in [-0.39, 0.29) is 6.17 Å². The highest BCUT2D eigenvalue weighted by Gasteiger charge is 2.32. The van der Waals surface area contributed by atoms with Crippen LogP contribution in [0, 0.1) is 0 Å². The Morgan fingerprint density at radius 1 is 1.30 bits per heavy atom. The number of rotatable bonds is 2. The van der Waals surface area contributed by atoms with Gasteiger partial charge in [-0.2, -0.15) is 5.11 Å². The number of hydrogen-bond acceptors (Lipinski definition) is 5. The summed E-state index contributed by atoms with van der Waals surface area (Å²) >= 11 is 6.16. The van der Waals surface area contributed by atoms with E-state index in [0.717, 1.165) is 47.7 Å². The average Bonchev–Trinajstić information content (AvgIpc) is 2.92. The minimum absolute atomic E-state index is 0.0200. The van der Waals surface area contributed by atoms with Gasteiger partial charge in [0.25, 0.3) is 0 Å². The normalized spacial score (nSPS) is 22.1. The molecular formula is C17H16ClN5. The molecule has 1 aromatic rings. The van der Waals surface area contributed by atoms with Crippen molar-refractivity contribution >= 4 is 23.0 Å². The van der Waals surface area contributed by atoms with Gasteiger partial charge in [0.1, 0.15) is 17.0 Å². The summed E-state index contributed by atoms with van der Waals surface area (Å²) in [5.74, 6) is 0.748. The van der Waals surface area contributed by atoms with Gasteiger partial charge in [0.15, 0.2) is 5.82 Å². The van der Waals surface area contributed by atoms with E-state index in [1.165, 1.54) is 0 Å². The summed E-state index contributed by atoms with van der Waals surface area (Å²) in [6, 6.07) is 3.78. The molecule has 1 aliphatic carbocycles. The smallest absolute Gasteiger partial charge is 0.175 e. The van der Waals surface area contributed by atoms with Crippen molar-refractivity contribution in [1.29, 1.82) is 0 Å². The maximum Gasteiger partial charge on any atom is 0.175 e. The third-order valence-electron chi connectivity index (χ3n) is 4.10. The highest BCUT2D eigenvalue weighted by Crippen LogP contribution is 2.36. The Morgan fingerprint density at radius 3 is 3.00 bits per heavy atom. The number of hydrogen-bond donors (Lipinski definition) is 0. The van der Waals surface area contributed by atoms with Gasteiger partial charge in [-0.1, -0.05) is 36.8 Å². The number of aliphatic imine (C=N–C) groups is 1. The third-order valence-corrected chi connectivity index (χ3v) is 4.32. The molecule has 0 N–H and O–H groups in total. The number of allylic oxidation sites excluding steroid dienone is 4. The second-order valence-corrected chi connectivity index (χ2v) is 5.97. The first-order chi connectivity index (χ1) is 11.3. The molecule has 6 heteroatoms. The number of pyridine rings is 1. The van der Waals surface area contributed by atoms with Crippen LogP contribution in [0.4, 0.5) is 5.69 Å². The maximum absolute atomic E-state index is 6.16. The summed E-state index contributed by atoms with van der Waals surface area (Å²) in [4.78, 5) is 11.3. The molecule has 116 valence electrons. The standard InChI is InChI=1S/C17H16ClN5/c1-2-14-21-22-15-10-19-16(11-6-4-3-5-7-11)17-12(23(14)15)8-9-13(18)20-17/h4,6-10,14H,2-3,5H2,1H3. The largest absolute Gasteiger partial charge is 0.297 e. The van der Waals surface area contributed by atoms with E-state index < -0.39 is 0 Å². The van der Waals surface area contributed by atoms with Gasteiger partial charge in [0.2, 0.25) is 0 Å². The molecule has 3 heterocycles. The number of azo groups is 1. The van der Waals surface area contributed by atoms with E-state index >= 15 is 0 Å². The molecule has 2 aliphatic heterocycles. The SMILES string of the molecule is CCC1N=NC2=CN=C(C3=CCCC=C3)c3nc(Cl)ccc3N21. The van der Waals surface area contributed by atoms with Crippen molar-refractivity contribution in [3.8, 4) is 0 Å². The van der Waals surface area contributed by atoms with Gasteiger partial charge in [-0.3, -0.25) is 4.90 Å². The number of anilines is 1. The number of aromatic nitrogens is 1. The van der Waals surface area contributed by atoms with Crippen LogP contribution < -0.4 is 4.90 Å². The molecule has 0 fully saturated rings. The zero-order valence-corrected chi connectivity index (χ0v) is 13.5. The summed E-state index contributed by atoms with van der Waals surface area (Å²) in [5.41, 5.74) is 3.65. The lowest BCUT2D eigenvalue weighted by Gasteiger charge is -2.24. The van der Waals surface area contributed by atoms with Gasteiger partial charge < -0.3 is 0 Å². The molecule has 0 saturated heterocycles. The minimum atomic E-state index is -0.0200. The molecule has 0 spiro atoms. The molecule has 0 saturated carbocycles. The molecule has 1 atom stereocenters. The van der Waals surface area contributed by atoms with Crippen LogP contribution in [-0.2, 0) is 0 Å². The van der Waals surface area contributed by atoms with Crippen LogP contribution in [0.15, 0.2) is 63.2 Å². The average molecular weight is 326 g/mol. The van der Waals surface area contributed by atoms with E-state index in [1.54, 1.807) is 12.3 Å². The van der Waals surface area contributed by atoms with Crippen LogP contribution in [0.1, 0.15) is 31.9 Å². The lowest BCUT2D eigenvalue weighted by molar-refractivity contribution is 0.667. The Morgan fingerprint density at radius 2 is 2.22 bits per heavy atom. The van der Waals surface area contributed by atoms with Crippen LogP contribution in [0.5, 0.6) is 0 Å². The predicted molar refractivity (Wildman–Crippen MR) is 91.7 cm³/mol. The second kappa shape index (κ2) is 5.74. The minimum Gasteiger partial charge on any atom is -0.297 e. The first-order valence-corrected chi connectivity index (χ1v) is 8.18. The van der Waals surface area contributed by atoms with E-state index in [1.807, 2.05) is 6.07 Å². The van der Waals surface area contributed by atoms with Gasteiger partial charge in [-0.25, -0.2) is 9.98 Å². The van der Waals surface area contributed by atoms with Crippen LogP contribution in [-0.4, -0.2) is 16.9 Å². The number of nitrogens with zero attached hydrogens (tertiary/aromatic N) is 5. The summed E-state index contributed by atoms with van der Waals surface area (Å²) < 4.78 is 0. The van der Waals surface area contributed by atoms with Crippen molar-refractivity contribution in [2.24, 2.45) is 15.2 Å². The lowest BCUT2D eigenvalue weighted by atomic mass is 9.99. The zero-order chi connectivity index (χ0) is 15.8. The fourth-order valence-corrected chi connectivity index (χ4v) is 3.14.